The molecule has 1 rings (SSSR count). The van der Waals surface area contributed by atoms with Crippen LogP contribution in [-0.2, 0) is 4.74 Å². The van der Waals surface area contributed by atoms with Crippen molar-refractivity contribution < 1.29 is 13.5 Å². The summed E-state index contributed by atoms with van der Waals surface area (Å²) in [5, 5.41) is 3.11. The molecule has 1 fully saturated rings. The molecule has 0 aromatic carbocycles. The predicted octanol–water partition coefficient (Wildman–Crippen LogP) is 1.86. The van der Waals surface area contributed by atoms with Crippen LogP contribution in [0.2, 0.25) is 0 Å². The SMILES string of the molecule is CNCC1CCC(COC(F)F)C1. The van der Waals surface area contributed by atoms with Crippen molar-refractivity contribution in [1.82, 2.24) is 5.32 Å². The molecule has 1 N–H and O–H groups in total. The molecule has 2 nitrogen and oxygen atoms in total. The Hall–Kier alpha value is -0.220. The molecule has 0 heterocycles. The highest BCUT2D eigenvalue weighted by Crippen LogP contribution is 2.30. The normalized spacial score (nSPS) is 28.6. The van der Waals surface area contributed by atoms with Crippen molar-refractivity contribution in [2.24, 2.45) is 11.8 Å². The quantitative estimate of drug-likeness (QED) is 0.719. The van der Waals surface area contributed by atoms with Gasteiger partial charge < -0.3 is 10.1 Å². The Morgan fingerprint density at radius 2 is 2.08 bits per heavy atom. The van der Waals surface area contributed by atoms with E-state index in [-0.39, 0.29) is 6.61 Å². The highest BCUT2D eigenvalue weighted by Gasteiger charge is 2.24. The van der Waals surface area contributed by atoms with Crippen LogP contribution in [0.5, 0.6) is 0 Å². The first kappa shape index (κ1) is 10.9. The van der Waals surface area contributed by atoms with Gasteiger partial charge in [-0.15, -0.1) is 0 Å². The van der Waals surface area contributed by atoms with Gasteiger partial charge in [0.1, 0.15) is 0 Å². The third-order valence-corrected chi connectivity index (χ3v) is 2.60. The van der Waals surface area contributed by atoms with E-state index in [2.05, 4.69) is 10.1 Å². The molecule has 78 valence electrons. The standard InChI is InChI=1S/C9H17F2NO/c1-12-5-7-2-3-8(4-7)6-13-9(10)11/h7-9,12H,2-6H2,1H3. The van der Waals surface area contributed by atoms with Crippen molar-refractivity contribution in [3.05, 3.63) is 0 Å². The lowest BCUT2D eigenvalue weighted by atomic mass is 10.1. The van der Waals surface area contributed by atoms with Gasteiger partial charge in [-0.3, -0.25) is 0 Å². The van der Waals surface area contributed by atoms with Crippen molar-refractivity contribution in [3.8, 4) is 0 Å². The summed E-state index contributed by atoms with van der Waals surface area (Å²) in [7, 11) is 1.92. The first-order chi connectivity index (χ1) is 6.22. The number of hydrogen-bond acceptors (Lipinski definition) is 2. The van der Waals surface area contributed by atoms with Gasteiger partial charge in [-0.25, -0.2) is 0 Å². The number of alkyl halides is 2. The van der Waals surface area contributed by atoms with E-state index < -0.39 is 6.61 Å². The van der Waals surface area contributed by atoms with Gasteiger partial charge in [-0.2, -0.15) is 8.78 Å². The minimum atomic E-state index is -2.61. The van der Waals surface area contributed by atoms with Crippen LogP contribution in [0.3, 0.4) is 0 Å². The lowest BCUT2D eigenvalue weighted by Gasteiger charge is -2.10. The fourth-order valence-electron chi connectivity index (χ4n) is 2.01. The predicted molar refractivity (Wildman–Crippen MR) is 46.7 cm³/mol. The molecule has 0 amide bonds. The van der Waals surface area contributed by atoms with Gasteiger partial charge >= 0.3 is 6.61 Å². The van der Waals surface area contributed by atoms with Gasteiger partial charge in [-0.1, -0.05) is 0 Å². The number of hydrogen-bond donors (Lipinski definition) is 1. The van der Waals surface area contributed by atoms with Gasteiger partial charge in [0, 0.05) is 0 Å². The summed E-state index contributed by atoms with van der Waals surface area (Å²) >= 11 is 0. The van der Waals surface area contributed by atoms with E-state index in [9.17, 15) is 8.78 Å². The first-order valence-electron chi connectivity index (χ1n) is 4.76. The van der Waals surface area contributed by atoms with Gasteiger partial charge in [0.15, 0.2) is 0 Å². The van der Waals surface area contributed by atoms with E-state index in [1.165, 1.54) is 0 Å². The second-order valence-electron chi connectivity index (χ2n) is 3.70. The van der Waals surface area contributed by atoms with Crippen molar-refractivity contribution in [1.29, 1.82) is 0 Å². The molecule has 13 heavy (non-hydrogen) atoms. The highest BCUT2D eigenvalue weighted by molar-refractivity contribution is 4.76. The summed E-state index contributed by atoms with van der Waals surface area (Å²) in [5.41, 5.74) is 0. The smallest absolute Gasteiger partial charge is 0.323 e. The maximum absolute atomic E-state index is 11.7. The van der Waals surface area contributed by atoms with Crippen molar-refractivity contribution in [3.63, 3.8) is 0 Å². The largest absolute Gasteiger partial charge is 0.345 e. The number of nitrogens with one attached hydrogen (secondary N) is 1. The monoisotopic (exact) mass is 193 g/mol. The van der Waals surface area contributed by atoms with Gasteiger partial charge in [-0.05, 0) is 44.7 Å². The van der Waals surface area contributed by atoms with E-state index >= 15 is 0 Å². The molecule has 2 atom stereocenters. The maximum Gasteiger partial charge on any atom is 0.345 e. The third-order valence-electron chi connectivity index (χ3n) is 2.60. The topological polar surface area (TPSA) is 21.3 Å². The van der Waals surface area contributed by atoms with Crippen LogP contribution in [0.1, 0.15) is 19.3 Å². The third kappa shape index (κ3) is 4.00. The van der Waals surface area contributed by atoms with Crippen molar-refractivity contribution >= 4 is 0 Å². The van der Waals surface area contributed by atoms with Crippen molar-refractivity contribution in [2.75, 3.05) is 20.2 Å². The average Bonchev–Trinajstić information content (AvgIpc) is 2.50. The van der Waals surface area contributed by atoms with Gasteiger partial charge in [0.05, 0.1) is 6.61 Å². The fourth-order valence-corrected chi connectivity index (χ4v) is 2.01. The molecule has 2 unspecified atom stereocenters. The second kappa shape index (κ2) is 5.50. The van der Waals surface area contributed by atoms with Gasteiger partial charge in [0.2, 0.25) is 0 Å². The van der Waals surface area contributed by atoms with Crippen LogP contribution in [0, 0.1) is 11.8 Å². The number of halogens is 2. The molecule has 0 radical (unpaired) electrons. The summed E-state index contributed by atoms with van der Waals surface area (Å²) in [4.78, 5) is 0. The Kier molecular flexibility index (Phi) is 4.59. The minimum Gasteiger partial charge on any atom is -0.323 e. The van der Waals surface area contributed by atoms with Crippen LogP contribution < -0.4 is 5.32 Å². The van der Waals surface area contributed by atoms with Crippen LogP contribution in [0.4, 0.5) is 8.78 Å². The molecule has 0 saturated heterocycles. The van der Waals surface area contributed by atoms with E-state index in [1.807, 2.05) is 7.05 Å². The van der Waals surface area contributed by atoms with E-state index in [0.717, 1.165) is 25.8 Å². The van der Waals surface area contributed by atoms with Gasteiger partial charge in [0.25, 0.3) is 0 Å². The van der Waals surface area contributed by atoms with E-state index in [1.54, 1.807) is 0 Å². The van der Waals surface area contributed by atoms with E-state index in [4.69, 9.17) is 0 Å². The molecule has 1 saturated carbocycles. The summed E-state index contributed by atoms with van der Waals surface area (Å²) in [6, 6.07) is 0. The maximum atomic E-state index is 11.7. The first-order valence-corrected chi connectivity index (χ1v) is 4.76. The molecular weight excluding hydrogens is 176 g/mol. The fraction of sp³-hybridized carbons (Fsp3) is 1.00. The Balaban J connectivity index is 2.10. The summed E-state index contributed by atoms with van der Waals surface area (Å²) in [6.45, 7) is -1.40. The molecule has 4 heteroatoms. The summed E-state index contributed by atoms with van der Waals surface area (Å²) in [6.07, 6.45) is 3.19. The highest BCUT2D eigenvalue weighted by atomic mass is 19.3. The number of rotatable bonds is 5. The zero-order chi connectivity index (χ0) is 9.68. The Morgan fingerprint density at radius 3 is 2.69 bits per heavy atom. The lowest BCUT2D eigenvalue weighted by Crippen LogP contribution is -2.17. The second-order valence-corrected chi connectivity index (χ2v) is 3.70. The van der Waals surface area contributed by atoms with Crippen molar-refractivity contribution in [2.45, 2.75) is 25.9 Å². The Labute approximate surface area is 77.6 Å². The van der Waals surface area contributed by atoms with Crippen LogP contribution >= 0.6 is 0 Å². The van der Waals surface area contributed by atoms with Crippen LogP contribution in [0.25, 0.3) is 0 Å². The van der Waals surface area contributed by atoms with Crippen LogP contribution in [0.15, 0.2) is 0 Å². The average molecular weight is 193 g/mol. The zero-order valence-electron chi connectivity index (χ0n) is 7.93. The molecule has 0 aliphatic heterocycles. The zero-order valence-corrected chi connectivity index (χ0v) is 7.93. The molecular formula is C9H17F2NO. The molecule has 1 aliphatic carbocycles. The summed E-state index contributed by atoms with van der Waals surface area (Å²) in [5.74, 6) is 0.989. The Bertz CT molecular complexity index is 144. The molecule has 0 spiro atoms. The minimum absolute atomic E-state index is 0.220. The molecule has 0 bridgehead atoms. The lowest BCUT2D eigenvalue weighted by molar-refractivity contribution is -0.137. The van der Waals surface area contributed by atoms with Crippen LogP contribution in [-0.4, -0.2) is 26.8 Å². The Morgan fingerprint density at radius 1 is 1.38 bits per heavy atom. The molecule has 0 aromatic heterocycles. The molecule has 0 aromatic rings. The summed E-state index contributed by atoms with van der Waals surface area (Å²) < 4.78 is 27.7. The molecule has 1 aliphatic rings. The van der Waals surface area contributed by atoms with E-state index in [0.29, 0.717) is 11.8 Å². The number of ether oxygens (including phenoxy) is 1.